The van der Waals surface area contributed by atoms with Crippen molar-refractivity contribution in [1.82, 2.24) is 0 Å². The number of carbonyl (C=O) groups is 1. The minimum absolute atomic E-state index is 0.193. The average Bonchev–Trinajstić information content (AvgIpc) is 2.24. The van der Waals surface area contributed by atoms with Crippen LogP contribution in [0.25, 0.3) is 0 Å². The Hall–Kier alpha value is -0.610. The van der Waals surface area contributed by atoms with Gasteiger partial charge in [-0.3, -0.25) is 4.79 Å². The van der Waals surface area contributed by atoms with Gasteiger partial charge in [0.25, 0.3) is 0 Å². The van der Waals surface area contributed by atoms with E-state index in [1.807, 2.05) is 0 Å². The smallest absolute Gasteiger partial charge is 0.312 e. The fraction of sp³-hybridized carbons (Fsp3) is 0.933. The molecule has 4 aliphatic rings. The molecule has 2 unspecified atom stereocenters. The molecule has 0 spiro atoms. The van der Waals surface area contributed by atoms with Gasteiger partial charge in [0.15, 0.2) is 0 Å². The van der Waals surface area contributed by atoms with Crippen molar-refractivity contribution in [3.8, 4) is 0 Å². The van der Waals surface area contributed by atoms with Crippen LogP contribution in [0.5, 0.6) is 0 Å². The molecule has 0 radical (unpaired) electrons. The highest BCUT2D eigenvalue weighted by Crippen LogP contribution is 2.63. The fourth-order valence-electron chi connectivity index (χ4n) is 5.03. The molecule has 4 rings (SSSR count). The quantitative estimate of drug-likeness (QED) is 0.602. The van der Waals surface area contributed by atoms with Crippen molar-refractivity contribution >= 4 is 5.97 Å². The largest absolute Gasteiger partial charge is 0.465 e. The Labute approximate surface area is 114 Å². The van der Waals surface area contributed by atoms with Crippen molar-refractivity contribution in [2.75, 3.05) is 6.61 Å². The Bertz CT molecular complexity index is 374. The number of rotatable bonds is 4. The van der Waals surface area contributed by atoms with E-state index in [1.54, 1.807) is 0 Å². The van der Waals surface area contributed by atoms with Crippen LogP contribution in [0.2, 0.25) is 0 Å². The number of aliphatic hydroxyl groups is 2. The Morgan fingerprint density at radius 1 is 1.16 bits per heavy atom. The van der Waals surface area contributed by atoms with Crippen molar-refractivity contribution < 1.29 is 19.7 Å². The molecule has 0 aromatic heterocycles. The van der Waals surface area contributed by atoms with E-state index in [9.17, 15) is 15.0 Å². The molecule has 4 nitrogen and oxygen atoms in total. The van der Waals surface area contributed by atoms with Crippen LogP contribution >= 0.6 is 0 Å². The molecule has 0 aromatic carbocycles. The first-order valence-corrected chi connectivity index (χ1v) is 7.51. The highest BCUT2D eigenvalue weighted by molar-refractivity contribution is 5.78. The molecule has 4 saturated carbocycles. The second-order valence-corrected chi connectivity index (χ2v) is 7.23. The van der Waals surface area contributed by atoms with Crippen LogP contribution in [-0.4, -0.2) is 34.0 Å². The first kappa shape index (κ1) is 13.4. The zero-order valence-corrected chi connectivity index (χ0v) is 11.7. The Balaban J connectivity index is 1.78. The second-order valence-electron chi connectivity index (χ2n) is 7.23. The van der Waals surface area contributed by atoms with E-state index in [1.165, 1.54) is 0 Å². The minimum Gasteiger partial charge on any atom is -0.465 e. The maximum absolute atomic E-state index is 12.4. The predicted molar refractivity (Wildman–Crippen MR) is 69.4 cm³/mol. The Morgan fingerprint density at radius 3 is 2.32 bits per heavy atom. The van der Waals surface area contributed by atoms with Gasteiger partial charge in [-0.15, -0.1) is 0 Å². The van der Waals surface area contributed by atoms with E-state index in [2.05, 4.69) is 6.92 Å². The van der Waals surface area contributed by atoms with Crippen molar-refractivity contribution in [2.24, 2.45) is 11.3 Å². The maximum atomic E-state index is 12.4. The van der Waals surface area contributed by atoms with Crippen molar-refractivity contribution in [1.29, 1.82) is 0 Å². The average molecular weight is 268 g/mol. The fourth-order valence-corrected chi connectivity index (χ4v) is 5.03. The van der Waals surface area contributed by atoms with Crippen LogP contribution in [0.4, 0.5) is 0 Å². The van der Waals surface area contributed by atoms with Gasteiger partial charge in [0.05, 0.1) is 23.2 Å². The summed E-state index contributed by atoms with van der Waals surface area (Å²) in [6.45, 7) is 2.52. The van der Waals surface area contributed by atoms with Gasteiger partial charge < -0.3 is 14.9 Å². The van der Waals surface area contributed by atoms with Crippen LogP contribution in [0.3, 0.4) is 0 Å². The van der Waals surface area contributed by atoms with Crippen LogP contribution in [0.15, 0.2) is 0 Å². The van der Waals surface area contributed by atoms with Gasteiger partial charge in [0.2, 0.25) is 0 Å². The van der Waals surface area contributed by atoms with E-state index >= 15 is 0 Å². The molecule has 0 heterocycles. The summed E-state index contributed by atoms with van der Waals surface area (Å²) in [5.74, 6) is 0.0758. The zero-order valence-electron chi connectivity index (χ0n) is 11.7. The zero-order chi connectivity index (χ0) is 13.7. The van der Waals surface area contributed by atoms with Gasteiger partial charge in [-0.2, -0.15) is 0 Å². The molecule has 108 valence electrons. The molecule has 0 aliphatic heterocycles. The molecule has 4 bridgehead atoms. The number of unbranched alkanes of at least 4 members (excludes halogenated alkanes) is 1. The van der Waals surface area contributed by atoms with E-state index in [0.29, 0.717) is 25.9 Å². The van der Waals surface area contributed by atoms with Gasteiger partial charge in [0, 0.05) is 6.42 Å². The number of esters is 1. The highest BCUT2D eigenvalue weighted by Gasteiger charge is 2.65. The lowest BCUT2D eigenvalue weighted by Gasteiger charge is -2.61. The van der Waals surface area contributed by atoms with Crippen LogP contribution < -0.4 is 0 Å². The first-order valence-electron chi connectivity index (χ1n) is 7.51. The van der Waals surface area contributed by atoms with E-state index in [4.69, 9.17) is 4.74 Å². The Morgan fingerprint density at radius 2 is 1.79 bits per heavy atom. The van der Waals surface area contributed by atoms with E-state index < -0.39 is 16.6 Å². The summed E-state index contributed by atoms with van der Waals surface area (Å²) in [7, 11) is 0. The number of carbonyl (C=O) groups excluding carboxylic acids is 1. The topological polar surface area (TPSA) is 66.8 Å². The third kappa shape index (κ3) is 2.19. The highest BCUT2D eigenvalue weighted by atomic mass is 16.5. The summed E-state index contributed by atoms with van der Waals surface area (Å²) >= 11 is 0. The molecule has 0 saturated heterocycles. The monoisotopic (exact) mass is 268 g/mol. The molecule has 0 amide bonds. The van der Waals surface area contributed by atoms with Gasteiger partial charge in [-0.25, -0.2) is 0 Å². The van der Waals surface area contributed by atoms with Crippen molar-refractivity contribution in [3.63, 3.8) is 0 Å². The molecule has 2 atom stereocenters. The summed E-state index contributed by atoms with van der Waals surface area (Å²) in [4.78, 5) is 12.4. The number of hydrogen-bond donors (Lipinski definition) is 2. The molecule has 4 fully saturated rings. The standard InChI is InChI=1S/C15H24O4/c1-2-3-4-19-12(16)13-5-11-6-14(17,8-13)10-15(18,7-11)9-13/h11,17-18H,2-10H2,1H3. The third-order valence-electron chi connectivity index (χ3n) is 5.17. The Kier molecular flexibility index (Phi) is 2.95. The second kappa shape index (κ2) is 4.19. The molecular weight excluding hydrogens is 244 g/mol. The summed E-state index contributed by atoms with van der Waals surface area (Å²) in [5.41, 5.74) is -2.33. The SMILES string of the molecule is CCCCOC(=O)C12CC3CC(O)(CC(O)(C3)C1)C2. The van der Waals surface area contributed by atoms with Gasteiger partial charge in [-0.05, 0) is 44.4 Å². The van der Waals surface area contributed by atoms with Gasteiger partial charge >= 0.3 is 5.97 Å². The number of ether oxygens (including phenoxy) is 1. The lowest BCUT2D eigenvalue weighted by molar-refractivity contribution is -0.237. The van der Waals surface area contributed by atoms with Crippen LogP contribution in [-0.2, 0) is 9.53 Å². The number of hydrogen-bond acceptors (Lipinski definition) is 4. The van der Waals surface area contributed by atoms with Crippen molar-refractivity contribution in [2.45, 2.75) is 69.5 Å². The van der Waals surface area contributed by atoms with Gasteiger partial charge in [0.1, 0.15) is 0 Å². The molecule has 0 aromatic rings. The van der Waals surface area contributed by atoms with E-state index in [-0.39, 0.29) is 11.9 Å². The maximum Gasteiger partial charge on any atom is 0.312 e. The molecular formula is C15H24O4. The molecule has 2 N–H and O–H groups in total. The van der Waals surface area contributed by atoms with Crippen LogP contribution in [0.1, 0.15) is 58.3 Å². The lowest BCUT2D eigenvalue weighted by atomic mass is 9.46. The third-order valence-corrected chi connectivity index (χ3v) is 5.17. The molecule has 19 heavy (non-hydrogen) atoms. The van der Waals surface area contributed by atoms with E-state index in [0.717, 1.165) is 32.1 Å². The normalized spacial score (nSPS) is 47.4. The summed E-state index contributed by atoms with van der Waals surface area (Å²) in [5, 5.41) is 21.2. The van der Waals surface area contributed by atoms with Gasteiger partial charge in [-0.1, -0.05) is 13.3 Å². The molecule has 4 heteroatoms. The minimum atomic E-state index is -0.849. The molecule has 4 aliphatic carbocycles. The van der Waals surface area contributed by atoms with Crippen LogP contribution in [0, 0.1) is 11.3 Å². The summed E-state index contributed by atoms with van der Waals surface area (Å²) in [6, 6.07) is 0. The summed E-state index contributed by atoms with van der Waals surface area (Å²) < 4.78 is 5.40. The first-order chi connectivity index (χ1) is 8.89. The predicted octanol–water partition coefficient (Wildman–Crippen LogP) is 1.78. The lowest BCUT2D eigenvalue weighted by Crippen LogP contribution is -2.65. The van der Waals surface area contributed by atoms with Crippen molar-refractivity contribution in [3.05, 3.63) is 0 Å². The summed E-state index contributed by atoms with van der Waals surface area (Å²) in [6.07, 6.45) is 5.51.